The van der Waals surface area contributed by atoms with Crippen molar-refractivity contribution in [2.24, 2.45) is 5.92 Å². The SMILES string of the molecule is Cc1ccc(NC(=O)CSc2ncnc3sc4c(c23)CCC(C)C4)c(C)c1. The molecular weight excluding hydrogens is 374 g/mol. The standard InChI is InChI=1S/C21H23N3OS2/c1-12-5-7-16(14(3)8-12)24-18(25)10-26-20-19-15-6-4-13(2)9-17(15)27-21(19)23-11-22-20/h5,7-8,11,13H,4,6,9-10H2,1-3H3,(H,24,25). The Kier molecular flexibility index (Phi) is 5.19. The number of thioether (sulfide) groups is 1. The van der Waals surface area contributed by atoms with Crippen LogP contribution in [-0.4, -0.2) is 21.6 Å². The van der Waals surface area contributed by atoms with Gasteiger partial charge in [-0.05, 0) is 56.2 Å². The molecule has 4 nitrogen and oxygen atoms in total. The number of amides is 1. The summed E-state index contributed by atoms with van der Waals surface area (Å²) in [4.78, 5) is 23.9. The van der Waals surface area contributed by atoms with Crippen LogP contribution in [0.3, 0.4) is 0 Å². The Morgan fingerprint density at radius 2 is 2.19 bits per heavy atom. The number of hydrogen-bond donors (Lipinski definition) is 1. The van der Waals surface area contributed by atoms with E-state index in [4.69, 9.17) is 0 Å². The first-order valence-electron chi connectivity index (χ1n) is 9.26. The molecule has 1 aromatic carbocycles. The summed E-state index contributed by atoms with van der Waals surface area (Å²) in [5.41, 5.74) is 4.56. The van der Waals surface area contributed by atoms with Crippen LogP contribution in [0.1, 0.15) is 34.9 Å². The van der Waals surface area contributed by atoms with Crippen LogP contribution in [0.5, 0.6) is 0 Å². The van der Waals surface area contributed by atoms with E-state index in [1.807, 2.05) is 19.1 Å². The Balaban J connectivity index is 1.51. The third-order valence-electron chi connectivity index (χ3n) is 5.05. The van der Waals surface area contributed by atoms with Crippen molar-refractivity contribution in [2.75, 3.05) is 11.1 Å². The predicted molar refractivity (Wildman–Crippen MR) is 114 cm³/mol. The van der Waals surface area contributed by atoms with Crippen molar-refractivity contribution in [3.63, 3.8) is 0 Å². The minimum atomic E-state index is -0.00330. The smallest absolute Gasteiger partial charge is 0.234 e. The number of nitrogens with one attached hydrogen (secondary N) is 1. The lowest BCUT2D eigenvalue weighted by Crippen LogP contribution is -2.15. The van der Waals surface area contributed by atoms with Crippen LogP contribution in [0.4, 0.5) is 5.69 Å². The zero-order valence-electron chi connectivity index (χ0n) is 15.8. The fourth-order valence-corrected chi connectivity index (χ4v) is 5.87. The Morgan fingerprint density at radius 1 is 1.33 bits per heavy atom. The van der Waals surface area contributed by atoms with Crippen molar-refractivity contribution in [1.29, 1.82) is 0 Å². The molecule has 4 rings (SSSR count). The van der Waals surface area contributed by atoms with E-state index in [0.29, 0.717) is 5.75 Å². The average Bonchev–Trinajstić information content (AvgIpc) is 3.00. The van der Waals surface area contributed by atoms with Gasteiger partial charge >= 0.3 is 0 Å². The summed E-state index contributed by atoms with van der Waals surface area (Å²) < 4.78 is 0. The number of thiophene rings is 1. The summed E-state index contributed by atoms with van der Waals surface area (Å²) >= 11 is 3.30. The van der Waals surface area contributed by atoms with E-state index in [1.165, 1.54) is 39.6 Å². The fraction of sp³-hybridized carbons (Fsp3) is 0.381. The highest BCUT2D eigenvalue weighted by Crippen LogP contribution is 2.40. The lowest BCUT2D eigenvalue weighted by molar-refractivity contribution is -0.113. The summed E-state index contributed by atoms with van der Waals surface area (Å²) in [5.74, 6) is 1.08. The molecule has 3 aromatic rings. The summed E-state index contributed by atoms with van der Waals surface area (Å²) in [6.07, 6.45) is 5.06. The normalized spacial score (nSPS) is 16.3. The van der Waals surface area contributed by atoms with Gasteiger partial charge in [-0.1, -0.05) is 36.4 Å². The Hall–Kier alpha value is -1.92. The van der Waals surface area contributed by atoms with Crippen LogP contribution in [0.2, 0.25) is 0 Å². The first-order valence-corrected chi connectivity index (χ1v) is 11.1. The largest absolute Gasteiger partial charge is 0.325 e. The third-order valence-corrected chi connectivity index (χ3v) is 7.20. The molecule has 2 heterocycles. The molecular formula is C21H23N3OS2. The molecule has 2 aromatic heterocycles. The molecule has 1 unspecified atom stereocenters. The zero-order chi connectivity index (χ0) is 19.0. The summed E-state index contributed by atoms with van der Waals surface area (Å²) in [6, 6.07) is 6.06. The van der Waals surface area contributed by atoms with Gasteiger partial charge in [0.05, 0.1) is 5.75 Å². The molecule has 0 bridgehead atoms. The molecule has 0 aliphatic heterocycles. The number of rotatable bonds is 4. The van der Waals surface area contributed by atoms with Crippen molar-refractivity contribution in [3.8, 4) is 0 Å². The lowest BCUT2D eigenvalue weighted by atomic mass is 9.89. The third kappa shape index (κ3) is 3.87. The molecule has 1 atom stereocenters. The molecule has 0 saturated heterocycles. The van der Waals surface area contributed by atoms with Crippen LogP contribution in [0.15, 0.2) is 29.6 Å². The van der Waals surface area contributed by atoms with Gasteiger partial charge in [0.25, 0.3) is 0 Å². The van der Waals surface area contributed by atoms with E-state index in [-0.39, 0.29) is 5.91 Å². The summed E-state index contributed by atoms with van der Waals surface area (Å²) in [6.45, 7) is 6.38. The maximum Gasteiger partial charge on any atom is 0.234 e. The van der Waals surface area contributed by atoms with Gasteiger partial charge in [-0.15, -0.1) is 11.3 Å². The number of hydrogen-bond acceptors (Lipinski definition) is 5. The van der Waals surface area contributed by atoms with Gasteiger partial charge in [-0.2, -0.15) is 0 Å². The maximum absolute atomic E-state index is 12.5. The van der Waals surface area contributed by atoms with Gasteiger partial charge < -0.3 is 5.32 Å². The van der Waals surface area contributed by atoms with Crippen molar-refractivity contribution in [3.05, 3.63) is 46.1 Å². The number of carbonyl (C=O) groups is 1. The second-order valence-electron chi connectivity index (χ2n) is 7.37. The van der Waals surface area contributed by atoms with Crippen LogP contribution >= 0.6 is 23.1 Å². The Labute approximate surface area is 167 Å². The Morgan fingerprint density at radius 3 is 3.00 bits per heavy atom. The van der Waals surface area contributed by atoms with E-state index >= 15 is 0 Å². The molecule has 27 heavy (non-hydrogen) atoms. The number of anilines is 1. The molecule has 6 heteroatoms. The Bertz CT molecular complexity index is 1010. The van der Waals surface area contributed by atoms with Crippen molar-refractivity contribution in [2.45, 2.75) is 45.1 Å². The van der Waals surface area contributed by atoms with Crippen molar-refractivity contribution < 1.29 is 4.79 Å². The summed E-state index contributed by atoms with van der Waals surface area (Å²) in [5, 5.41) is 5.13. The first-order chi connectivity index (χ1) is 13.0. The van der Waals surface area contributed by atoms with Gasteiger partial charge in [-0.25, -0.2) is 9.97 Å². The second kappa shape index (κ2) is 7.60. The molecule has 1 N–H and O–H groups in total. The van der Waals surface area contributed by atoms with E-state index in [2.05, 4.69) is 35.2 Å². The van der Waals surface area contributed by atoms with E-state index < -0.39 is 0 Å². The minimum absolute atomic E-state index is 0.00330. The predicted octanol–water partition coefficient (Wildman–Crippen LogP) is 5.16. The minimum Gasteiger partial charge on any atom is -0.325 e. The maximum atomic E-state index is 12.5. The van der Waals surface area contributed by atoms with E-state index in [1.54, 1.807) is 17.7 Å². The average molecular weight is 398 g/mol. The number of aryl methyl sites for hydroxylation is 3. The number of fused-ring (bicyclic) bond motifs is 3. The highest BCUT2D eigenvalue weighted by Gasteiger charge is 2.23. The van der Waals surface area contributed by atoms with Gasteiger partial charge in [0.1, 0.15) is 16.2 Å². The first kappa shape index (κ1) is 18.4. The number of benzene rings is 1. The van der Waals surface area contributed by atoms with Crippen molar-refractivity contribution in [1.82, 2.24) is 9.97 Å². The number of carbonyl (C=O) groups excluding carboxylic acids is 1. The van der Waals surface area contributed by atoms with Crippen molar-refractivity contribution >= 4 is 44.9 Å². The van der Waals surface area contributed by atoms with Crippen LogP contribution in [0, 0.1) is 19.8 Å². The molecule has 1 amide bonds. The number of aromatic nitrogens is 2. The molecule has 0 fully saturated rings. The van der Waals surface area contributed by atoms with E-state index in [9.17, 15) is 4.79 Å². The van der Waals surface area contributed by atoms with E-state index in [0.717, 1.165) is 39.9 Å². The topological polar surface area (TPSA) is 54.9 Å². The second-order valence-corrected chi connectivity index (χ2v) is 9.41. The van der Waals surface area contributed by atoms with Crippen LogP contribution < -0.4 is 5.32 Å². The number of nitrogens with zero attached hydrogens (tertiary/aromatic N) is 2. The van der Waals surface area contributed by atoms with Gasteiger partial charge in [-0.3, -0.25) is 4.79 Å². The van der Waals surface area contributed by atoms with Gasteiger partial charge in [0.2, 0.25) is 5.91 Å². The fourth-order valence-electron chi connectivity index (χ4n) is 3.63. The molecule has 1 aliphatic rings. The molecule has 0 radical (unpaired) electrons. The highest BCUT2D eigenvalue weighted by molar-refractivity contribution is 8.00. The van der Waals surface area contributed by atoms with Gasteiger partial charge in [0.15, 0.2) is 0 Å². The molecule has 1 aliphatic carbocycles. The highest BCUT2D eigenvalue weighted by atomic mass is 32.2. The van der Waals surface area contributed by atoms with Crippen LogP contribution in [-0.2, 0) is 17.6 Å². The summed E-state index contributed by atoms with van der Waals surface area (Å²) in [7, 11) is 0. The molecule has 140 valence electrons. The van der Waals surface area contributed by atoms with Gasteiger partial charge in [0, 0.05) is 16.0 Å². The van der Waals surface area contributed by atoms with Crippen LogP contribution in [0.25, 0.3) is 10.2 Å². The molecule has 0 saturated carbocycles. The monoisotopic (exact) mass is 397 g/mol. The quantitative estimate of drug-likeness (QED) is 0.488. The lowest BCUT2D eigenvalue weighted by Gasteiger charge is -2.18. The molecule has 0 spiro atoms. The zero-order valence-corrected chi connectivity index (χ0v) is 17.5.